The Morgan fingerprint density at radius 1 is 1.30 bits per heavy atom. The molecule has 1 heterocycles. The molecule has 1 aromatic rings. The highest BCUT2D eigenvalue weighted by Crippen LogP contribution is 2.37. The first kappa shape index (κ1) is 20.6. The molecule has 2 aliphatic rings. The second kappa shape index (κ2) is 8.90. The van der Waals surface area contributed by atoms with Gasteiger partial charge in [0.1, 0.15) is 0 Å². The van der Waals surface area contributed by atoms with Gasteiger partial charge in [0.15, 0.2) is 0 Å². The van der Waals surface area contributed by atoms with Crippen molar-refractivity contribution in [2.45, 2.75) is 57.5 Å². The van der Waals surface area contributed by atoms with Crippen LogP contribution in [0.25, 0.3) is 0 Å². The average molecular weight is 415 g/mol. The van der Waals surface area contributed by atoms with E-state index in [0.717, 1.165) is 50.7 Å². The molecule has 2 atom stereocenters. The summed E-state index contributed by atoms with van der Waals surface area (Å²) in [5, 5.41) is 0.505. The second-order valence-corrected chi connectivity index (χ2v) is 9.36. The van der Waals surface area contributed by atoms with Gasteiger partial charge in [-0.3, -0.25) is 4.79 Å². The zero-order chi connectivity index (χ0) is 19.4. The lowest BCUT2D eigenvalue weighted by molar-refractivity contribution is 0.0232. The van der Waals surface area contributed by atoms with Crippen LogP contribution in [0, 0.1) is 0 Å². The summed E-state index contributed by atoms with van der Waals surface area (Å²) >= 11 is 6.45. The Kier molecular flexibility index (Phi) is 6.78. The Labute approximate surface area is 166 Å². The van der Waals surface area contributed by atoms with Crippen LogP contribution in [-0.2, 0) is 14.9 Å². The highest BCUT2D eigenvalue weighted by Gasteiger charge is 2.30. The monoisotopic (exact) mass is 414 g/mol. The molecule has 0 radical (unpaired) electrons. The van der Waals surface area contributed by atoms with Crippen LogP contribution in [0.3, 0.4) is 0 Å². The van der Waals surface area contributed by atoms with E-state index in [2.05, 4.69) is 11.6 Å². The number of halogens is 1. The van der Waals surface area contributed by atoms with E-state index in [1.54, 1.807) is 12.1 Å². The molecule has 1 aliphatic carbocycles. The number of amides is 1. The van der Waals surface area contributed by atoms with Gasteiger partial charge in [-0.25, -0.2) is 4.72 Å². The topological polar surface area (TPSA) is 75.7 Å². The van der Waals surface area contributed by atoms with Crippen LogP contribution in [0.15, 0.2) is 18.2 Å². The minimum absolute atomic E-state index is 0.252. The minimum atomic E-state index is -3.76. The number of benzene rings is 1. The van der Waals surface area contributed by atoms with Crippen molar-refractivity contribution < 1.29 is 17.9 Å². The number of nitrogens with one attached hydrogen (secondary N) is 1. The van der Waals surface area contributed by atoms with Crippen LogP contribution in [-0.4, -0.2) is 44.4 Å². The van der Waals surface area contributed by atoms with Gasteiger partial charge in [0.2, 0.25) is 0 Å². The van der Waals surface area contributed by atoms with Gasteiger partial charge in [-0.15, -0.1) is 0 Å². The van der Waals surface area contributed by atoms with E-state index in [1.807, 2.05) is 6.07 Å². The minimum Gasteiger partial charge on any atom is -0.378 e. The first-order chi connectivity index (χ1) is 12.9. The fourth-order valence-electron chi connectivity index (χ4n) is 3.63. The molecule has 1 saturated carbocycles. The summed E-state index contributed by atoms with van der Waals surface area (Å²) < 4.78 is 33.4. The van der Waals surface area contributed by atoms with Gasteiger partial charge in [-0.05, 0) is 55.7 Å². The second-order valence-electron chi connectivity index (χ2n) is 7.28. The molecule has 1 N–H and O–H groups in total. The molecule has 6 nitrogen and oxygen atoms in total. The fourth-order valence-corrected chi connectivity index (χ4v) is 5.19. The molecule has 150 valence electrons. The summed E-state index contributed by atoms with van der Waals surface area (Å²) in [4.78, 5) is 12.3. The van der Waals surface area contributed by atoms with Crippen molar-refractivity contribution in [2.24, 2.45) is 0 Å². The Balaban J connectivity index is 1.67. The van der Waals surface area contributed by atoms with Crippen LogP contribution in [0.4, 0.5) is 0 Å². The van der Waals surface area contributed by atoms with Gasteiger partial charge in [-0.2, -0.15) is 12.7 Å². The van der Waals surface area contributed by atoms with Crippen LogP contribution in [0.2, 0.25) is 5.02 Å². The SMILES string of the molecule is CCCOC1CCCC(c2ccc(C(=O)NS(=O)(=O)N3CCC3)cc2Cl)C1. The van der Waals surface area contributed by atoms with Crippen LogP contribution >= 0.6 is 11.6 Å². The van der Waals surface area contributed by atoms with Gasteiger partial charge >= 0.3 is 10.2 Å². The lowest BCUT2D eigenvalue weighted by Crippen LogP contribution is -2.49. The number of hydrogen-bond acceptors (Lipinski definition) is 4. The smallest absolute Gasteiger partial charge is 0.304 e. The Hall–Kier alpha value is -1.15. The van der Waals surface area contributed by atoms with Gasteiger partial charge in [-0.1, -0.05) is 31.0 Å². The molecule has 1 aliphatic heterocycles. The summed E-state index contributed by atoms with van der Waals surface area (Å²) in [6, 6.07) is 5.06. The zero-order valence-electron chi connectivity index (χ0n) is 15.6. The van der Waals surface area contributed by atoms with Crippen molar-refractivity contribution in [3.05, 3.63) is 34.3 Å². The summed E-state index contributed by atoms with van der Waals surface area (Å²) in [6.45, 7) is 3.77. The predicted molar refractivity (Wildman–Crippen MR) is 105 cm³/mol. The third-order valence-corrected chi connectivity index (χ3v) is 7.08. The average Bonchev–Trinajstić information content (AvgIpc) is 2.57. The van der Waals surface area contributed by atoms with Crippen molar-refractivity contribution in [1.29, 1.82) is 0 Å². The first-order valence-corrected chi connectivity index (χ1v) is 11.5. The number of ether oxygens (including phenoxy) is 1. The highest BCUT2D eigenvalue weighted by atomic mass is 35.5. The molecule has 8 heteroatoms. The predicted octanol–water partition coefficient (Wildman–Crippen LogP) is 3.47. The largest absolute Gasteiger partial charge is 0.378 e. The number of rotatable bonds is 7. The lowest BCUT2D eigenvalue weighted by atomic mass is 9.82. The zero-order valence-corrected chi connectivity index (χ0v) is 17.2. The van der Waals surface area contributed by atoms with Crippen molar-refractivity contribution in [3.8, 4) is 0 Å². The van der Waals surface area contributed by atoms with E-state index in [9.17, 15) is 13.2 Å². The molecule has 2 unspecified atom stereocenters. The summed E-state index contributed by atoms with van der Waals surface area (Å²) in [7, 11) is -3.76. The molecule has 3 rings (SSSR count). The van der Waals surface area contributed by atoms with E-state index < -0.39 is 16.1 Å². The van der Waals surface area contributed by atoms with Crippen LogP contribution in [0.1, 0.15) is 67.3 Å². The lowest BCUT2D eigenvalue weighted by Gasteiger charge is -2.30. The molecule has 2 fully saturated rings. The maximum atomic E-state index is 12.3. The first-order valence-electron chi connectivity index (χ1n) is 9.64. The molecule has 0 spiro atoms. The van der Waals surface area contributed by atoms with Gasteiger partial charge in [0.25, 0.3) is 5.91 Å². The van der Waals surface area contributed by atoms with Crippen molar-refractivity contribution in [1.82, 2.24) is 9.03 Å². The quantitative estimate of drug-likeness (QED) is 0.741. The van der Waals surface area contributed by atoms with Crippen LogP contribution in [0.5, 0.6) is 0 Å². The maximum absolute atomic E-state index is 12.3. The standard InChI is InChI=1S/C19H27ClN2O4S/c1-2-11-26-16-6-3-5-14(12-16)17-8-7-15(13-18(17)20)19(23)21-27(24,25)22-9-4-10-22/h7-8,13-14,16H,2-6,9-12H2,1H3,(H,21,23). The number of carbonyl (C=O) groups is 1. The van der Waals surface area contributed by atoms with E-state index >= 15 is 0 Å². The molecule has 0 bridgehead atoms. The van der Waals surface area contributed by atoms with E-state index in [-0.39, 0.29) is 11.7 Å². The van der Waals surface area contributed by atoms with E-state index in [4.69, 9.17) is 16.3 Å². The summed E-state index contributed by atoms with van der Waals surface area (Å²) in [6.07, 6.45) is 6.21. The highest BCUT2D eigenvalue weighted by molar-refractivity contribution is 7.87. The molecule has 1 saturated heterocycles. The molecule has 1 aromatic carbocycles. The fraction of sp³-hybridized carbons (Fsp3) is 0.632. The number of hydrogen-bond donors (Lipinski definition) is 1. The number of carbonyl (C=O) groups excluding carboxylic acids is 1. The Morgan fingerprint density at radius 3 is 2.70 bits per heavy atom. The molecular weight excluding hydrogens is 388 g/mol. The summed E-state index contributed by atoms with van der Waals surface area (Å²) in [5.41, 5.74) is 1.26. The van der Waals surface area contributed by atoms with Crippen molar-refractivity contribution >= 4 is 27.7 Å². The molecule has 0 aromatic heterocycles. The normalized spacial score (nSPS) is 23.6. The third kappa shape index (κ3) is 5.02. The van der Waals surface area contributed by atoms with E-state index in [0.29, 0.717) is 24.0 Å². The van der Waals surface area contributed by atoms with Gasteiger partial charge < -0.3 is 4.74 Å². The van der Waals surface area contributed by atoms with Crippen molar-refractivity contribution in [2.75, 3.05) is 19.7 Å². The molecule has 1 amide bonds. The third-order valence-electron chi connectivity index (χ3n) is 5.26. The Bertz CT molecular complexity index is 780. The van der Waals surface area contributed by atoms with Gasteiger partial charge in [0.05, 0.1) is 6.10 Å². The molecule has 27 heavy (non-hydrogen) atoms. The van der Waals surface area contributed by atoms with Crippen LogP contribution < -0.4 is 4.72 Å². The number of nitrogens with zero attached hydrogens (tertiary/aromatic N) is 1. The van der Waals surface area contributed by atoms with Crippen molar-refractivity contribution in [3.63, 3.8) is 0 Å². The summed E-state index contributed by atoms with van der Waals surface area (Å²) in [5.74, 6) is -0.349. The Morgan fingerprint density at radius 2 is 2.07 bits per heavy atom. The van der Waals surface area contributed by atoms with Gasteiger partial charge in [0, 0.05) is 30.3 Å². The maximum Gasteiger partial charge on any atom is 0.304 e. The van der Waals surface area contributed by atoms with E-state index in [1.165, 1.54) is 4.31 Å². The molecular formula is C19H27ClN2O4S.